The zero-order chi connectivity index (χ0) is 13.5. The van der Waals surface area contributed by atoms with Crippen LogP contribution in [-0.2, 0) is 6.42 Å². The first-order valence-corrected chi connectivity index (χ1v) is 6.22. The molecule has 0 atom stereocenters. The van der Waals surface area contributed by atoms with Crippen molar-refractivity contribution in [3.63, 3.8) is 0 Å². The summed E-state index contributed by atoms with van der Waals surface area (Å²) in [7, 11) is 5.41. The number of likely N-dealkylation sites (N-methyl/N-ethyl adjacent to an activating group) is 1. The highest BCUT2D eigenvalue weighted by Gasteiger charge is 2.09. The molecule has 0 aliphatic carbocycles. The van der Waals surface area contributed by atoms with Crippen LogP contribution >= 0.6 is 0 Å². The van der Waals surface area contributed by atoms with Crippen molar-refractivity contribution < 1.29 is 9.47 Å². The summed E-state index contributed by atoms with van der Waals surface area (Å²) in [4.78, 5) is 2.23. The van der Waals surface area contributed by atoms with Gasteiger partial charge in [0.05, 0.1) is 14.2 Å². The molecule has 1 rings (SSSR count). The highest BCUT2D eigenvalue weighted by atomic mass is 16.5. The molecule has 0 saturated carbocycles. The number of methoxy groups -OCH3 is 2. The molecule has 0 aliphatic heterocycles. The summed E-state index contributed by atoms with van der Waals surface area (Å²) in [6, 6.07) is 4.08. The summed E-state index contributed by atoms with van der Waals surface area (Å²) in [5, 5.41) is 0. The third-order valence-corrected chi connectivity index (χ3v) is 3.12. The van der Waals surface area contributed by atoms with Crippen molar-refractivity contribution in [2.45, 2.75) is 13.3 Å². The quantitative estimate of drug-likeness (QED) is 0.798. The molecule has 2 N–H and O–H groups in total. The molecule has 0 bridgehead atoms. The van der Waals surface area contributed by atoms with Gasteiger partial charge in [-0.05, 0) is 43.7 Å². The van der Waals surface area contributed by atoms with E-state index in [0.29, 0.717) is 6.54 Å². The molecule has 0 spiro atoms. The second-order valence-corrected chi connectivity index (χ2v) is 4.48. The van der Waals surface area contributed by atoms with Crippen LogP contribution in [0.3, 0.4) is 0 Å². The smallest absolute Gasteiger partial charge is 0.161 e. The Morgan fingerprint density at radius 2 is 1.72 bits per heavy atom. The summed E-state index contributed by atoms with van der Waals surface area (Å²) in [6.45, 7) is 4.71. The van der Waals surface area contributed by atoms with Crippen LogP contribution in [0.1, 0.15) is 11.1 Å². The lowest BCUT2D eigenvalue weighted by atomic mass is 10.0. The molecule has 0 aliphatic rings. The van der Waals surface area contributed by atoms with Crippen LogP contribution in [0.4, 0.5) is 0 Å². The molecule has 0 fully saturated rings. The molecule has 0 heterocycles. The second-order valence-electron chi connectivity index (χ2n) is 4.48. The number of hydrogen-bond donors (Lipinski definition) is 1. The van der Waals surface area contributed by atoms with Gasteiger partial charge in [-0.3, -0.25) is 0 Å². The summed E-state index contributed by atoms with van der Waals surface area (Å²) in [6.07, 6.45) is 0.989. The molecular weight excluding hydrogens is 228 g/mol. The Morgan fingerprint density at radius 1 is 1.11 bits per heavy atom. The summed E-state index contributed by atoms with van der Waals surface area (Å²) < 4.78 is 10.6. The number of nitrogens with zero attached hydrogens (tertiary/aromatic N) is 1. The Kier molecular flexibility index (Phi) is 5.95. The molecule has 1 aromatic carbocycles. The van der Waals surface area contributed by atoms with Crippen molar-refractivity contribution >= 4 is 0 Å². The van der Waals surface area contributed by atoms with E-state index in [1.54, 1.807) is 14.2 Å². The topological polar surface area (TPSA) is 47.7 Å². The van der Waals surface area contributed by atoms with Crippen LogP contribution in [0.25, 0.3) is 0 Å². The van der Waals surface area contributed by atoms with E-state index in [1.807, 2.05) is 6.07 Å². The number of hydrogen-bond acceptors (Lipinski definition) is 4. The minimum Gasteiger partial charge on any atom is -0.493 e. The molecule has 0 unspecified atom stereocenters. The van der Waals surface area contributed by atoms with Gasteiger partial charge in [-0.25, -0.2) is 0 Å². The van der Waals surface area contributed by atoms with Crippen molar-refractivity contribution in [2.75, 3.05) is 40.9 Å². The van der Waals surface area contributed by atoms with E-state index in [-0.39, 0.29) is 0 Å². The van der Waals surface area contributed by atoms with Gasteiger partial charge in [0.1, 0.15) is 0 Å². The maximum Gasteiger partial charge on any atom is 0.161 e. The average molecular weight is 252 g/mol. The van der Waals surface area contributed by atoms with Gasteiger partial charge in [0.2, 0.25) is 0 Å². The van der Waals surface area contributed by atoms with E-state index < -0.39 is 0 Å². The van der Waals surface area contributed by atoms with Crippen LogP contribution in [-0.4, -0.2) is 45.8 Å². The van der Waals surface area contributed by atoms with Gasteiger partial charge in [0.15, 0.2) is 11.5 Å². The lowest BCUT2D eigenvalue weighted by Crippen LogP contribution is -2.27. The molecule has 4 nitrogen and oxygen atoms in total. The Balaban J connectivity index is 2.76. The molecule has 0 aromatic heterocycles. The number of rotatable bonds is 7. The highest BCUT2D eigenvalue weighted by molar-refractivity contribution is 5.47. The van der Waals surface area contributed by atoms with Gasteiger partial charge in [-0.1, -0.05) is 0 Å². The Bertz CT molecular complexity index is 380. The van der Waals surface area contributed by atoms with E-state index >= 15 is 0 Å². The van der Waals surface area contributed by atoms with Gasteiger partial charge in [0, 0.05) is 19.6 Å². The van der Waals surface area contributed by atoms with Crippen molar-refractivity contribution in [2.24, 2.45) is 5.73 Å². The van der Waals surface area contributed by atoms with Gasteiger partial charge < -0.3 is 20.1 Å². The van der Waals surface area contributed by atoms with Crippen LogP contribution in [0.15, 0.2) is 12.1 Å². The molecule has 18 heavy (non-hydrogen) atoms. The largest absolute Gasteiger partial charge is 0.493 e. The molecule has 0 amide bonds. The van der Waals surface area contributed by atoms with E-state index in [9.17, 15) is 0 Å². The predicted octanol–water partition coefficient (Wildman–Crippen LogP) is 1.45. The molecule has 102 valence electrons. The van der Waals surface area contributed by atoms with Crippen molar-refractivity contribution in [1.82, 2.24) is 4.90 Å². The Labute approximate surface area is 110 Å². The Morgan fingerprint density at radius 3 is 2.28 bits per heavy atom. The van der Waals surface area contributed by atoms with Crippen LogP contribution < -0.4 is 15.2 Å². The zero-order valence-electron chi connectivity index (χ0n) is 11.8. The van der Waals surface area contributed by atoms with E-state index in [1.165, 1.54) is 11.1 Å². The predicted molar refractivity (Wildman–Crippen MR) is 74.5 cm³/mol. The average Bonchev–Trinajstić information content (AvgIpc) is 2.37. The van der Waals surface area contributed by atoms with E-state index in [2.05, 4.69) is 24.9 Å². The van der Waals surface area contributed by atoms with E-state index in [0.717, 1.165) is 31.0 Å². The minimum absolute atomic E-state index is 0.696. The molecule has 0 radical (unpaired) electrons. The molecule has 0 saturated heterocycles. The number of aryl methyl sites for hydroxylation is 1. The maximum atomic E-state index is 5.53. The molecular formula is C14H24N2O2. The van der Waals surface area contributed by atoms with Crippen molar-refractivity contribution in [3.8, 4) is 11.5 Å². The number of ether oxygens (including phenoxy) is 2. The highest BCUT2D eigenvalue weighted by Crippen LogP contribution is 2.30. The van der Waals surface area contributed by atoms with Gasteiger partial charge in [0.25, 0.3) is 0 Å². The summed E-state index contributed by atoms with van der Waals surface area (Å²) in [5.41, 5.74) is 8.05. The number of nitrogens with two attached hydrogens (primary N) is 1. The normalized spacial score (nSPS) is 10.8. The lowest BCUT2D eigenvalue weighted by Gasteiger charge is -2.17. The second kappa shape index (κ2) is 7.24. The molecule has 1 aromatic rings. The summed E-state index contributed by atoms with van der Waals surface area (Å²) in [5.74, 6) is 1.58. The molecule has 4 heteroatoms. The maximum absolute atomic E-state index is 5.53. The summed E-state index contributed by atoms with van der Waals surface area (Å²) >= 11 is 0. The standard InChI is InChI=1S/C14H24N2O2/c1-11-9-13(17-3)14(18-4)10-12(11)5-7-16(2)8-6-15/h9-10H,5-8,15H2,1-4H3. The van der Waals surface area contributed by atoms with Crippen LogP contribution in [0.2, 0.25) is 0 Å². The minimum atomic E-state index is 0.696. The third-order valence-electron chi connectivity index (χ3n) is 3.12. The van der Waals surface area contributed by atoms with Gasteiger partial charge in [-0.15, -0.1) is 0 Å². The monoisotopic (exact) mass is 252 g/mol. The first-order chi connectivity index (χ1) is 8.62. The number of benzene rings is 1. The van der Waals surface area contributed by atoms with Crippen LogP contribution in [0, 0.1) is 6.92 Å². The lowest BCUT2D eigenvalue weighted by molar-refractivity contribution is 0.344. The van der Waals surface area contributed by atoms with Crippen molar-refractivity contribution in [1.29, 1.82) is 0 Å². The SMILES string of the molecule is COc1cc(C)c(CCN(C)CCN)cc1OC. The Hall–Kier alpha value is -1.26. The van der Waals surface area contributed by atoms with Crippen LogP contribution in [0.5, 0.6) is 11.5 Å². The van der Waals surface area contributed by atoms with Gasteiger partial charge >= 0.3 is 0 Å². The van der Waals surface area contributed by atoms with Gasteiger partial charge in [-0.2, -0.15) is 0 Å². The fourth-order valence-electron chi connectivity index (χ4n) is 1.94. The zero-order valence-corrected chi connectivity index (χ0v) is 11.8. The fraction of sp³-hybridized carbons (Fsp3) is 0.571. The first kappa shape index (κ1) is 14.8. The first-order valence-electron chi connectivity index (χ1n) is 6.22. The fourth-order valence-corrected chi connectivity index (χ4v) is 1.94. The van der Waals surface area contributed by atoms with Crippen molar-refractivity contribution in [3.05, 3.63) is 23.3 Å². The van der Waals surface area contributed by atoms with E-state index in [4.69, 9.17) is 15.2 Å². The third kappa shape index (κ3) is 3.89.